The van der Waals surface area contributed by atoms with Crippen molar-refractivity contribution in [2.45, 2.75) is 26.8 Å². The van der Waals surface area contributed by atoms with Gasteiger partial charge in [0, 0.05) is 6.04 Å². The summed E-state index contributed by atoms with van der Waals surface area (Å²) >= 11 is 0. The molecule has 0 radical (unpaired) electrons. The van der Waals surface area contributed by atoms with Gasteiger partial charge in [0.05, 0.1) is 0 Å². The molecule has 0 aliphatic carbocycles. The molecular weight excluding hydrogens is 238 g/mol. The Kier molecular flexibility index (Phi) is 4.78. The molecule has 0 aliphatic rings. The monoisotopic (exact) mass is 256 g/mol. The minimum atomic E-state index is -0.858. The van der Waals surface area contributed by atoms with Gasteiger partial charge in [-0.2, -0.15) is 0 Å². The summed E-state index contributed by atoms with van der Waals surface area (Å²) in [4.78, 5) is 11.8. The van der Waals surface area contributed by atoms with Gasteiger partial charge in [0.15, 0.2) is 0 Å². The van der Waals surface area contributed by atoms with Crippen molar-refractivity contribution in [2.75, 3.05) is 6.54 Å². The molecule has 0 saturated carbocycles. The van der Waals surface area contributed by atoms with Crippen LogP contribution in [0.3, 0.4) is 0 Å². The summed E-state index contributed by atoms with van der Waals surface area (Å²) in [7, 11) is 0. The van der Waals surface area contributed by atoms with Crippen molar-refractivity contribution in [3.63, 3.8) is 0 Å². The Morgan fingerprint density at radius 1 is 1.39 bits per heavy atom. The normalized spacial score (nSPS) is 14.1. The van der Waals surface area contributed by atoms with Crippen molar-refractivity contribution in [1.29, 1.82) is 0 Å². The highest BCUT2D eigenvalue weighted by Gasteiger charge is 2.21. The van der Waals surface area contributed by atoms with Crippen LogP contribution in [-0.4, -0.2) is 18.5 Å². The number of rotatable bonds is 4. The van der Waals surface area contributed by atoms with Crippen molar-refractivity contribution in [3.8, 4) is 0 Å². The summed E-state index contributed by atoms with van der Waals surface area (Å²) in [6.07, 6.45) is 0. The van der Waals surface area contributed by atoms with Crippen LogP contribution >= 0.6 is 0 Å². The van der Waals surface area contributed by atoms with Gasteiger partial charge in [-0.3, -0.25) is 4.79 Å². The average molecular weight is 256 g/mol. The fraction of sp³-hybridized carbons (Fsp3) is 0.462. The average Bonchev–Trinajstić information content (AvgIpc) is 2.33. The summed E-state index contributed by atoms with van der Waals surface area (Å²) in [5.74, 6) is -2.39. The first kappa shape index (κ1) is 14.6. The van der Waals surface area contributed by atoms with Crippen molar-refractivity contribution in [1.82, 2.24) is 5.32 Å². The third-order valence-electron chi connectivity index (χ3n) is 3.10. The standard InChI is InChI=1S/C13H18F2N2O/c1-7-4-5-10(14)11(12(7)15)13(18)17-9(3)8(2)6-16/h4-5,8-9H,6,16H2,1-3H3,(H,17,18). The highest BCUT2D eigenvalue weighted by atomic mass is 19.1. The molecule has 18 heavy (non-hydrogen) atoms. The first-order valence-electron chi connectivity index (χ1n) is 5.84. The van der Waals surface area contributed by atoms with Gasteiger partial charge in [-0.15, -0.1) is 0 Å². The molecule has 2 atom stereocenters. The number of hydrogen-bond donors (Lipinski definition) is 2. The number of aryl methyl sites for hydroxylation is 1. The Morgan fingerprint density at radius 3 is 2.56 bits per heavy atom. The zero-order valence-electron chi connectivity index (χ0n) is 10.8. The van der Waals surface area contributed by atoms with Crippen LogP contribution in [0.1, 0.15) is 29.8 Å². The molecule has 0 aromatic heterocycles. The van der Waals surface area contributed by atoms with Crippen molar-refractivity contribution in [3.05, 3.63) is 34.9 Å². The molecule has 2 unspecified atom stereocenters. The van der Waals surface area contributed by atoms with E-state index in [2.05, 4.69) is 5.32 Å². The van der Waals surface area contributed by atoms with E-state index in [0.717, 1.165) is 6.07 Å². The lowest BCUT2D eigenvalue weighted by molar-refractivity contribution is 0.0921. The number of amides is 1. The van der Waals surface area contributed by atoms with Gasteiger partial charge < -0.3 is 11.1 Å². The van der Waals surface area contributed by atoms with Crippen LogP contribution in [0.15, 0.2) is 12.1 Å². The van der Waals surface area contributed by atoms with E-state index < -0.39 is 23.1 Å². The summed E-state index contributed by atoms with van der Waals surface area (Å²) in [6, 6.07) is 2.14. The van der Waals surface area contributed by atoms with Gasteiger partial charge in [0.25, 0.3) is 5.91 Å². The van der Waals surface area contributed by atoms with Gasteiger partial charge in [0.1, 0.15) is 17.2 Å². The maximum Gasteiger partial charge on any atom is 0.257 e. The second kappa shape index (κ2) is 5.91. The number of carbonyl (C=O) groups excluding carboxylic acids is 1. The van der Waals surface area contributed by atoms with Crippen LogP contribution in [0.2, 0.25) is 0 Å². The maximum absolute atomic E-state index is 13.7. The van der Waals surface area contributed by atoms with Gasteiger partial charge in [-0.05, 0) is 37.9 Å². The molecule has 0 fully saturated rings. The Balaban J connectivity index is 2.95. The molecule has 0 aliphatic heterocycles. The zero-order valence-corrected chi connectivity index (χ0v) is 10.8. The van der Waals surface area contributed by atoms with E-state index in [0.29, 0.717) is 6.54 Å². The minimum Gasteiger partial charge on any atom is -0.349 e. The van der Waals surface area contributed by atoms with E-state index in [4.69, 9.17) is 5.73 Å². The fourth-order valence-corrected chi connectivity index (χ4v) is 1.49. The second-order valence-electron chi connectivity index (χ2n) is 4.53. The third-order valence-corrected chi connectivity index (χ3v) is 3.10. The van der Waals surface area contributed by atoms with E-state index >= 15 is 0 Å². The van der Waals surface area contributed by atoms with Crippen molar-refractivity contribution < 1.29 is 13.6 Å². The van der Waals surface area contributed by atoms with E-state index in [1.54, 1.807) is 6.92 Å². The minimum absolute atomic E-state index is 0.0323. The van der Waals surface area contributed by atoms with Crippen LogP contribution < -0.4 is 11.1 Å². The summed E-state index contributed by atoms with van der Waals surface area (Å²) < 4.78 is 27.2. The van der Waals surface area contributed by atoms with Crippen LogP contribution in [0.5, 0.6) is 0 Å². The molecule has 3 N–H and O–H groups in total. The molecule has 1 amide bonds. The van der Waals surface area contributed by atoms with Gasteiger partial charge in [-0.1, -0.05) is 13.0 Å². The Hall–Kier alpha value is -1.49. The smallest absolute Gasteiger partial charge is 0.257 e. The molecule has 1 aromatic carbocycles. The van der Waals surface area contributed by atoms with Crippen LogP contribution in [0.4, 0.5) is 8.78 Å². The van der Waals surface area contributed by atoms with E-state index in [1.165, 1.54) is 13.0 Å². The molecule has 100 valence electrons. The van der Waals surface area contributed by atoms with Crippen LogP contribution in [0, 0.1) is 24.5 Å². The summed E-state index contributed by atoms with van der Waals surface area (Å²) in [5, 5.41) is 2.56. The Labute approximate surface area is 105 Å². The molecule has 0 saturated heterocycles. The van der Waals surface area contributed by atoms with Gasteiger partial charge in [-0.25, -0.2) is 8.78 Å². The lowest BCUT2D eigenvalue weighted by atomic mass is 10.0. The predicted molar refractivity (Wildman–Crippen MR) is 66.2 cm³/mol. The first-order valence-corrected chi connectivity index (χ1v) is 5.84. The zero-order chi connectivity index (χ0) is 13.9. The molecular formula is C13H18F2N2O. The number of carbonyl (C=O) groups is 1. The van der Waals surface area contributed by atoms with Gasteiger partial charge >= 0.3 is 0 Å². The number of benzene rings is 1. The molecule has 0 bridgehead atoms. The topological polar surface area (TPSA) is 55.1 Å². The second-order valence-corrected chi connectivity index (χ2v) is 4.53. The summed E-state index contributed by atoms with van der Waals surface area (Å²) in [5.41, 5.74) is 5.17. The SMILES string of the molecule is Cc1ccc(F)c(C(=O)NC(C)C(C)CN)c1F. The first-order chi connectivity index (χ1) is 8.38. The number of halogens is 2. The maximum atomic E-state index is 13.7. The quantitative estimate of drug-likeness (QED) is 0.865. The van der Waals surface area contributed by atoms with Crippen molar-refractivity contribution >= 4 is 5.91 Å². The highest BCUT2D eigenvalue weighted by Crippen LogP contribution is 2.16. The molecule has 3 nitrogen and oxygen atoms in total. The fourth-order valence-electron chi connectivity index (χ4n) is 1.49. The third kappa shape index (κ3) is 3.04. The van der Waals surface area contributed by atoms with Crippen LogP contribution in [0.25, 0.3) is 0 Å². The Bertz CT molecular complexity index is 449. The van der Waals surface area contributed by atoms with Crippen LogP contribution in [-0.2, 0) is 0 Å². The lowest BCUT2D eigenvalue weighted by Crippen LogP contribution is -2.40. The van der Waals surface area contributed by atoms with Gasteiger partial charge in [0.2, 0.25) is 0 Å². The summed E-state index contributed by atoms with van der Waals surface area (Å²) in [6.45, 7) is 5.48. The molecule has 5 heteroatoms. The number of nitrogens with two attached hydrogens (primary N) is 1. The largest absolute Gasteiger partial charge is 0.349 e. The molecule has 1 rings (SSSR count). The predicted octanol–water partition coefficient (Wildman–Crippen LogP) is 1.99. The van der Waals surface area contributed by atoms with E-state index in [1.807, 2.05) is 6.92 Å². The molecule has 1 aromatic rings. The number of nitrogens with one attached hydrogen (secondary N) is 1. The van der Waals surface area contributed by atoms with E-state index in [-0.39, 0.29) is 17.5 Å². The lowest BCUT2D eigenvalue weighted by Gasteiger charge is -2.20. The molecule has 0 spiro atoms. The van der Waals surface area contributed by atoms with E-state index in [9.17, 15) is 13.6 Å². The Morgan fingerprint density at radius 2 is 2.00 bits per heavy atom. The molecule has 0 heterocycles. The highest BCUT2D eigenvalue weighted by molar-refractivity contribution is 5.95. The number of hydrogen-bond acceptors (Lipinski definition) is 2. The van der Waals surface area contributed by atoms with Crippen molar-refractivity contribution in [2.24, 2.45) is 11.7 Å².